The molecule has 0 amide bonds. The predicted octanol–water partition coefficient (Wildman–Crippen LogP) is 5.77. The summed E-state index contributed by atoms with van der Waals surface area (Å²) < 4.78 is 5.83. The van der Waals surface area contributed by atoms with E-state index in [1.165, 1.54) is 12.3 Å². The zero-order valence-electron chi connectivity index (χ0n) is 12.9. The molecule has 1 N–H and O–H groups in total. The number of aliphatic imine (C=N–C) groups is 1. The second kappa shape index (κ2) is 8.01. The maximum Gasteiger partial charge on any atom is 0.313 e. The minimum Gasteiger partial charge on any atom is -0.504 e. The van der Waals surface area contributed by atoms with Gasteiger partial charge in [-0.15, -0.1) is 0 Å². The van der Waals surface area contributed by atoms with Crippen LogP contribution in [-0.4, -0.2) is 17.3 Å². The summed E-state index contributed by atoms with van der Waals surface area (Å²) in [7, 11) is 0. The number of phenolic OH excluding ortho intramolecular Hbond substituents is 1. The largest absolute Gasteiger partial charge is 0.504 e. The lowest BCUT2D eigenvalue weighted by Gasteiger charge is -2.10. The molecule has 0 aromatic heterocycles. The van der Waals surface area contributed by atoms with Crippen LogP contribution in [0.25, 0.3) is 0 Å². The van der Waals surface area contributed by atoms with Gasteiger partial charge >= 0.3 is 5.97 Å². The van der Waals surface area contributed by atoms with Gasteiger partial charge in [0.1, 0.15) is 0 Å². The molecule has 0 radical (unpaired) electrons. The Kier molecular flexibility index (Phi) is 6.27. The normalized spacial score (nSPS) is 11.2. The molecule has 0 fully saturated rings. The maximum absolute atomic E-state index is 11.7. The van der Waals surface area contributed by atoms with Gasteiger partial charge in [-0.1, -0.05) is 53.0 Å². The van der Waals surface area contributed by atoms with Gasteiger partial charge < -0.3 is 9.84 Å². The van der Waals surface area contributed by atoms with Gasteiger partial charge in [0, 0.05) is 26.3 Å². The van der Waals surface area contributed by atoms with E-state index in [4.69, 9.17) is 27.9 Å². The number of carbonyl (C=O) groups is 1. The number of aromatic hydroxyl groups is 1. The third kappa shape index (κ3) is 4.97. The summed E-state index contributed by atoms with van der Waals surface area (Å²) >= 11 is 15.2. The number of phenols is 1. The second-order valence-electron chi connectivity index (χ2n) is 5.30. The summed E-state index contributed by atoms with van der Waals surface area (Å²) in [6, 6.07) is 8.04. The number of carbonyl (C=O) groups excluding carboxylic acids is 1. The van der Waals surface area contributed by atoms with Crippen molar-refractivity contribution in [1.29, 1.82) is 0 Å². The summed E-state index contributed by atoms with van der Waals surface area (Å²) in [6.07, 6.45) is 1.44. The molecule has 0 atom stereocenters. The Morgan fingerprint density at radius 1 is 1.21 bits per heavy atom. The average Bonchev–Trinajstić information content (AvgIpc) is 2.48. The summed E-state index contributed by atoms with van der Waals surface area (Å²) in [5.74, 6) is -0.861. The lowest BCUT2D eigenvalue weighted by Crippen LogP contribution is -2.15. The fourth-order valence-electron chi connectivity index (χ4n) is 1.75. The molecule has 0 aliphatic carbocycles. The highest BCUT2D eigenvalue weighted by Crippen LogP contribution is 2.34. The Morgan fingerprint density at radius 2 is 1.83 bits per heavy atom. The molecule has 7 heteroatoms. The van der Waals surface area contributed by atoms with Gasteiger partial charge in [0.15, 0.2) is 11.5 Å². The summed E-state index contributed by atoms with van der Waals surface area (Å²) in [4.78, 5) is 16.0. The monoisotopic (exact) mass is 429 g/mol. The molecule has 24 heavy (non-hydrogen) atoms. The van der Waals surface area contributed by atoms with Crippen molar-refractivity contribution in [3.8, 4) is 11.5 Å². The number of hydrogen-bond donors (Lipinski definition) is 1. The highest BCUT2D eigenvalue weighted by atomic mass is 79.9. The number of rotatable bonds is 4. The molecule has 0 aliphatic heterocycles. The first-order valence-corrected chi connectivity index (χ1v) is 8.55. The number of hydrogen-bond acceptors (Lipinski definition) is 4. The first-order chi connectivity index (χ1) is 11.3. The fourth-order valence-corrected chi connectivity index (χ4v) is 2.72. The zero-order chi connectivity index (χ0) is 17.9. The van der Waals surface area contributed by atoms with Crippen molar-refractivity contribution in [3.05, 3.63) is 50.4 Å². The van der Waals surface area contributed by atoms with E-state index in [0.29, 0.717) is 25.8 Å². The molecular formula is C17H14BrCl2NO3. The standard InChI is InChI=1S/C17H14BrCl2NO3/c1-9(2)17(23)24-15-4-11(18)3-10(16(15)22)8-21-14-6-12(19)5-13(20)7-14/h3-9,22H,1-2H3. The molecule has 0 spiro atoms. The smallest absolute Gasteiger partial charge is 0.313 e. The van der Waals surface area contributed by atoms with E-state index < -0.39 is 5.97 Å². The molecule has 0 heterocycles. The van der Waals surface area contributed by atoms with Gasteiger partial charge in [-0.2, -0.15) is 0 Å². The summed E-state index contributed by atoms with van der Waals surface area (Å²) in [5, 5.41) is 11.2. The lowest BCUT2D eigenvalue weighted by molar-refractivity contribution is -0.137. The molecule has 2 aromatic carbocycles. The van der Waals surface area contributed by atoms with Crippen molar-refractivity contribution >= 4 is 57.0 Å². The van der Waals surface area contributed by atoms with E-state index >= 15 is 0 Å². The number of benzene rings is 2. The fraction of sp³-hybridized carbons (Fsp3) is 0.176. The van der Waals surface area contributed by atoms with E-state index in [9.17, 15) is 9.90 Å². The third-order valence-electron chi connectivity index (χ3n) is 2.95. The van der Waals surface area contributed by atoms with E-state index in [1.54, 1.807) is 38.1 Å². The molecule has 2 aromatic rings. The van der Waals surface area contributed by atoms with E-state index in [1.807, 2.05) is 0 Å². The predicted molar refractivity (Wildman–Crippen MR) is 100.0 cm³/mol. The van der Waals surface area contributed by atoms with Crippen molar-refractivity contribution in [2.45, 2.75) is 13.8 Å². The number of nitrogens with zero attached hydrogens (tertiary/aromatic N) is 1. The van der Waals surface area contributed by atoms with Crippen LogP contribution in [0.5, 0.6) is 11.5 Å². The molecule has 0 bridgehead atoms. The SMILES string of the molecule is CC(C)C(=O)Oc1cc(Br)cc(C=Nc2cc(Cl)cc(Cl)c2)c1O. The van der Waals surface area contributed by atoms with Crippen LogP contribution in [-0.2, 0) is 4.79 Å². The number of halogens is 3. The molecule has 4 nitrogen and oxygen atoms in total. The van der Waals surface area contributed by atoms with Crippen molar-refractivity contribution < 1.29 is 14.6 Å². The summed E-state index contributed by atoms with van der Waals surface area (Å²) in [6.45, 7) is 3.42. The van der Waals surface area contributed by atoms with Crippen LogP contribution in [0, 0.1) is 5.92 Å². The average molecular weight is 431 g/mol. The Bertz CT molecular complexity index is 786. The molecule has 0 aliphatic rings. The highest BCUT2D eigenvalue weighted by molar-refractivity contribution is 9.10. The zero-order valence-corrected chi connectivity index (χ0v) is 16.0. The maximum atomic E-state index is 11.7. The van der Waals surface area contributed by atoms with Crippen LogP contribution in [0.3, 0.4) is 0 Å². The number of ether oxygens (including phenoxy) is 1. The lowest BCUT2D eigenvalue weighted by atomic mass is 10.2. The van der Waals surface area contributed by atoms with Crippen molar-refractivity contribution in [1.82, 2.24) is 0 Å². The third-order valence-corrected chi connectivity index (χ3v) is 3.85. The van der Waals surface area contributed by atoms with Crippen molar-refractivity contribution in [3.63, 3.8) is 0 Å². The van der Waals surface area contributed by atoms with Crippen LogP contribution in [0.1, 0.15) is 19.4 Å². The number of esters is 1. The van der Waals surface area contributed by atoms with Gasteiger partial charge in [0.05, 0.1) is 11.6 Å². The Labute approximate surface area is 158 Å². The van der Waals surface area contributed by atoms with Crippen LogP contribution in [0.15, 0.2) is 39.8 Å². The van der Waals surface area contributed by atoms with E-state index in [-0.39, 0.29) is 17.4 Å². The van der Waals surface area contributed by atoms with Crippen LogP contribution in [0.2, 0.25) is 10.0 Å². The van der Waals surface area contributed by atoms with Gasteiger partial charge in [-0.25, -0.2) is 0 Å². The van der Waals surface area contributed by atoms with E-state index in [0.717, 1.165) is 0 Å². The Morgan fingerprint density at radius 3 is 2.42 bits per heavy atom. The molecule has 126 valence electrons. The molecule has 2 rings (SSSR count). The van der Waals surface area contributed by atoms with Crippen LogP contribution in [0.4, 0.5) is 5.69 Å². The van der Waals surface area contributed by atoms with Gasteiger partial charge in [0.25, 0.3) is 0 Å². The highest BCUT2D eigenvalue weighted by Gasteiger charge is 2.15. The van der Waals surface area contributed by atoms with Crippen LogP contribution >= 0.6 is 39.1 Å². The van der Waals surface area contributed by atoms with Crippen molar-refractivity contribution in [2.24, 2.45) is 10.9 Å². The Balaban J connectivity index is 2.34. The first kappa shape index (κ1) is 18.8. The topological polar surface area (TPSA) is 58.9 Å². The minimum atomic E-state index is -0.437. The summed E-state index contributed by atoms with van der Waals surface area (Å²) in [5.41, 5.74) is 0.916. The van der Waals surface area contributed by atoms with Crippen molar-refractivity contribution in [2.75, 3.05) is 0 Å². The van der Waals surface area contributed by atoms with Crippen LogP contribution < -0.4 is 4.74 Å². The minimum absolute atomic E-state index is 0.0636. The molecular weight excluding hydrogens is 417 g/mol. The van der Waals surface area contributed by atoms with E-state index in [2.05, 4.69) is 20.9 Å². The molecule has 0 saturated carbocycles. The van der Waals surface area contributed by atoms with Gasteiger partial charge in [0.2, 0.25) is 0 Å². The molecule has 0 unspecified atom stereocenters. The quantitative estimate of drug-likeness (QED) is 0.380. The first-order valence-electron chi connectivity index (χ1n) is 7.00. The second-order valence-corrected chi connectivity index (χ2v) is 7.09. The van der Waals surface area contributed by atoms with Gasteiger partial charge in [-0.3, -0.25) is 9.79 Å². The Hall–Kier alpha value is -1.56. The van der Waals surface area contributed by atoms with Gasteiger partial charge in [-0.05, 0) is 30.3 Å². The molecule has 0 saturated heterocycles.